The van der Waals surface area contributed by atoms with Gasteiger partial charge in [-0.15, -0.1) is 11.3 Å². The number of furan rings is 1. The van der Waals surface area contributed by atoms with Crippen LogP contribution >= 0.6 is 11.3 Å². The Morgan fingerprint density at radius 2 is 1.89 bits per heavy atom. The third-order valence-electron chi connectivity index (χ3n) is 7.58. The maximum absolute atomic E-state index is 13.3. The van der Waals surface area contributed by atoms with E-state index in [2.05, 4.69) is 10.6 Å². The van der Waals surface area contributed by atoms with Crippen LogP contribution in [0.1, 0.15) is 62.7 Å². The molecular formula is C26H30N2O7S. The zero-order valence-electron chi connectivity index (χ0n) is 20.4. The number of anilines is 1. The summed E-state index contributed by atoms with van der Waals surface area (Å²) in [5.74, 6) is -0.347. The molecule has 0 aliphatic heterocycles. The van der Waals surface area contributed by atoms with Gasteiger partial charge < -0.3 is 24.5 Å². The van der Waals surface area contributed by atoms with Crippen molar-refractivity contribution in [2.75, 3.05) is 18.5 Å². The first-order chi connectivity index (χ1) is 17.2. The minimum absolute atomic E-state index is 0.0814. The number of nitrogens with one attached hydrogen (secondary N) is 2. The number of esters is 2. The predicted molar refractivity (Wildman–Crippen MR) is 131 cm³/mol. The molecule has 4 aliphatic rings. The van der Waals surface area contributed by atoms with Crippen LogP contribution in [-0.2, 0) is 23.9 Å². The second-order valence-electron chi connectivity index (χ2n) is 10.4. The Hall–Kier alpha value is -3.14. The predicted octanol–water partition coefficient (Wildman–Crippen LogP) is 4.14. The van der Waals surface area contributed by atoms with E-state index in [9.17, 15) is 19.2 Å². The molecule has 9 nitrogen and oxygen atoms in total. The van der Waals surface area contributed by atoms with Crippen LogP contribution in [0.25, 0.3) is 11.3 Å². The highest BCUT2D eigenvalue weighted by molar-refractivity contribution is 7.15. The van der Waals surface area contributed by atoms with Gasteiger partial charge in [-0.3, -0.25) is 14.4 Å². The molecule has 6 rings (SSSR count). The van der Waals surface area contributed by atoms with Gasteiger partial charge in [0, 0.05) is 23.4 Å². The molecule has 4 fully saturated rings. The van der Waals surface area contributed by atoms with Crippen LogP contribution in [0, 0.1) is 17.3 Å². The van der Waals surface area contributed by atoms with Crippen molar-refractivity contribution < 1.29 is 33.1 Å². The fourth-order valence-corrected chi connectivity index (χ4v) is 7.89. The molecule has 4 saturated carbocycles. The lowest BCUT2D eigenvalue weighted by molar-refractivity contribution is -0.176. The number of carbonyl (C=O) groups is 4. The fourth-order valence-electron chi connectivity index (χ4n) is 6.94. The third-order valence-corrected chi connectivity index (χ3v) is 8.48. The van der Waals surface area contributed by atoms with Crippen molar-refractivity contribution in [3.8, 4) is 11.3 Å². The van der Waals surface area contributed by atoms with E-state index in [1.54, 1.807) is 24.4 Å². The van der Waals surface area contributed by atoms with Crippen LogP contribution in [-0.4, -0.2) is 42.5 Å². The lowest BCUT2D eigenvalue weighted by atomic mass is 9.47. The maximum atomic E-state index is 13.3. The van der Waals surface area contributed by atoms with Gasteiger partial charge in [-0.25, -0.2) is 4.79 Å². The number of hydrogen-bond acceptors (Lipinski definition) is 8. The Labute approximate surface area is 212 Å². The normalized spacial score (nSPS) is 27.9. The molecule has 4 bridgehead atoms. The van der Waals surface area contributed by atoms with Gasteiger partial charge >= 0.3 is 11.9 Å². The lowest BCUT2D eigenvalue weighted by Crippen LogP contribution is -2.64. The number of carbonyl (C=O) groups excluding carboxylic acids is 4. The summed E-state index contributed by atoms with van der Waals surface area (Å²) in [5, 5.41) is 7.85. The summed E-state index contributed by atoms with van der Waals surface area (Å²) < 4.78 is 16.1. The molecule has 0 saturated heterocycles. The first kappa shape index (κ1) is 24.5. The van der Waals surface area contributed by atoms with E-state index in [1.807, 2.05) is 0 Å². The summed E-state index contributed by atoms with van der Waals surface area (Å²) in [5.41, 5.74) is -0.300. The molecule has 0 spiro atoms. The van der Waals surface area contributed by atoms with Gasteiger partial charge in [-0.05, 0) is 69.4 Å². The highest BCUT2D eigenvalue weighted by Crippen LogP contribution is 2.62. The average molecular weight is 515 g/mol. The summed E-state index contributed by atoms with van der Waals surface area (Å²) in [4.78, 5) is 50.6. The fraction of sp³-hybridized carbons (Fsp3) is 0.538. The second kappa shape index (κ2) is 9.38. The van der Waals surface area contributed by atoms with Crippen LogP contribution < -0.4 is 10.6 Å². The Morgan fingerprint density at radius 3 is 2.53 bits per heavy atom. The number of ether oxygens (including phenoxy) is 2. The molecule has 2 amide bonds. The topological polar surface area (TPSA) is 124 Å². The maximum Gasteiger partial charge on any atom is 0.341 e. The van der Waals surface area contributed by atoms with Gasteiger partial charge in [0.05, 0.1) is 18.3 Å². The molecule has 10 heteroatoms. The van der Waals surface area contributed by atoms with Crippen LogP contribution in [0.3, 0.4) is 0 Å². The van der Waals surface area contributed by atoms with Crippen molar-refractivity contribution in [3.63, 3.8) is 0 Å². The molecule has 2 heterocycles. The van der Waals surface area contributed by atoms with E-state index in [0.717, 1.165) is 32.1 Å². The summed E-state index contributed by atoms with van der Waals surface area (Å²) in [7, 11) is 0. The zero-order valence-corrected chi connectivity index (χ0v) is 21.2. The second-order valence-corrected chi connectivity index (χ2v) is 11.3. The van der Waals surface area contributed by atoms with E-state index >= 15 is 0 Å². The molecule has 192 valence electrons. The number of amides is 2. The average Bonchev–Trinajstić information content (AvgIpc) is 3.45. The Bertz CT molecular complexity index is 1170. The van der Waals surface area contributed by atoms with Crippen LogP contribution in [0.2, 0.25) is 0 Å². The molecule has 0 radical (unpaired) electrons. The SMILES string of the molecule is CCOC(=O)c1c(-c2ccco2)csc1NC(=O)COC(=O)C12CC3CC(CC(NC(C)=O)(C3)C1)C2. The van der Waals surface area contributed by atoms with E-state index in [4.69, 9.17) is 13.9 Å². The lowest BCUT2D eigenvalue weighted by Gasteiger charge is -2.60. The Kier molecular flexibility index (Phi) is 6.40. The molecule has 36 heavy (non-hydrogen) atoms. The van der Waals surface area contributed by atoms with Crippen molar-refractivity contribution in [1.29, 1.82) is 0 Å². The molecule has 0 aromatic carbocycles. The van der Waals surface area contributed by atoms with Crippen molar-refractivity contribution in [2.45, 2.75) is 57.9 Å². The van der Waals surface area contributed by atoms with Gasteiger partial charge in [0.1, 0.15) is 16.3 Å². The standard InChI is InChI=1S/C26H30N2O7S/c1-3-33-23(31)21-18(19-5-4-6-34-19)13-36-22(21)27-20(30)12-35-24(32)25-8-16-7-17(9-25)11-26(10-16,14-25)28-15(2)29/h4-6,13,16-17H,3,7-12,14H2,1-2H3,(H,27,30)(H,28,29). The summed E-state index contributed by atoms with van der Waals surface area (Å²) in [6, 6.07) is 3.43. The Morgan fingerprint density at radius 1 is 1.14 bits per heavy atom. The molecular weight excluding hydrogens is 484 g/mol. The largest absolute Gasteiger partial charge is 0.464 e. The molecule has 4 aliphatic carbocycles. The van der Waals surface area contributed by atoms with Crippen LogP contribution in [0.5, 0.6) is 0 Å². The quantitative estimate of drug-likeness (QED) is 0.507. The van der Waals surface area contributed by atoms with Gasteiger partial charge in [-0.1, -0.05) is 0 Å². The van der Waals surface area contributed by atoms with Gasteiger partial charge in [0.2, 0.25) is 5.91 Å². The van der Waals surface area contributed by atoms with Crippen molar-refractivity contribution >= 4 is 40.1 Å². The van der Waals surface area contributed by atoms with Crippen LogP contribution in [0.15, 0.2) is 28.2 Å². The molecule has 2 aromatic heterocycles. The van der Waals surface area contributed by atoms with Gasteiger partial charge in [-0.2, -0.15) is 0 Å². The van der Waals surface area contributed by atoms with Gasteiger partial charge in [0.25, 0.3) is 5.91 Å². The van der Waals surface area contributed by atoms with E-state index < -0.39 is 23.9 Å². The van der Waals surface area contributed by atoms with Crippen molar-refractivity contribution in [3.05, 3.63) is 29.3 Å². The minimum Gasteiger partial charge on any atom is -0.464 e. The first-order valence-corrected chi connectivity index (χ1v) is 13.2. The monoisotopic (exact) mass is 514 g/mol. The third kappa shape index (κ3) is 4.54. The summed E-state index contributed by atoms with van der Waals surface area (Å²) in [6.07, 6.45) is 6.38. The number of thiophene rings is 1. The van der Waals surface area contributed by atoms with Crippen molar-refractivity contribution in [2.24, 2.45) is 17.3 Å². The smallest absolute Gasteiger partial charge is 0.341 e. The minimum atomic E-state index is -0.668. The highest BCUT2D eigenvalue weighted by atomic mass is 32.1. The molecule has 2 unspecified atom stereocenters. The highest BCUT2D eigenvalue weighted by Gasteiger charge is 2.61. The number of rotatable bonds is 8. The Balaban J connectivity index is 1.27. The van der Waals surface area contributed by atoms with Crippen molar-refractivity contribution in [1.82, 2.24) is 5.32 Å². The summed E-state index contributed by atoms with van der Waals surface area (Å²) >= 11 is 1.17. The van der Waals surface area contributed by atoms with Gasteiger partial charge in [0.15, 0.2) is 6.61 Å². The van der Waals surface area contributed by atoms with E-state index in [-0.39, 0.29) is 29.6 Å². The molecule has 2 atom stereocenters. The zero-order chi connectivity index (χ0) is 25.5. The summed E-state index contributed by atoms with van der Waals surface area (Å²) in [6.45, 7) is 2.94. The van der Waals surface area contributed by atoms with Crippen LogP contribution in [0.4, 0.5) is 5.00 Å². The van der Waals surface area contributed by atoms with E-state index in [0.29, 0.717) is 34.6 Å². The first-order valence-electron chi connectivity index (χ1n) is 12.3. The molecule has 2 aromatic rings. The number of hydrogen-bond donors (Lipinski definition) is 2. The van der Waals surface area contributed by atoms with E-state index in [1.165, 1.54) is 24.5 Å². The molecule has 2 N–H and O–H groups in total.